The third-order valence-electron chi connectivity index (χ3n) is 4.14. The summed E-state index contributed by atoms with van der Waals surface area (Å²) in [5.74, 6) is 0.714. The van der Waals surface area contributed by atoms with Gasteiger partial charge in [-0.05, 0) is 43.4 Å². The number of fused-ring (bicyclic) bond motifs is 1. The number of aliphatic hydroxyl groups excluding tert-OH is 2. The monoisotopic (exact) mass is 318 g/mol. The molecule has 0 aromatic rings. The predicted octanol–water partition coefficient (Wildman–Crippen LogP) is 2.58. The Hall–Kier alpha value is -1.69. The van der Waals surface area contributed by atoms with E-state index in [9.17, 15) is 15.3 Å². The van der Waals surface area contributed by atoms with Crippen LogP contribution in [-0.4, -0.2) is 38.4 Å². The molecule has 3 N–H and O–H groups in total. The van der Waals surface area contributed by atoms with E-state index in [0.29, 0.717) is 11.4 Å². The highest BCUT2D eigenvalue weighted by atomic mass is 16.5. The number of aliphatic hydroxyl groups is 3. The fourth-order valence-corrected chi connectivity index (χ4v) is 2.68. The molecule has 23 heavy (non-hydrogen) atoms. The summed E-state index contributed by atoms with van der Waals surface area (Å²) in [5.41, 5.74) is 2.21. The molecule has 0 amide bonds. The second-order valence-corrected chi connectivity index (χ2v) is 5.98. The third-order valence-corrected chi connectivity index (χ3v) is 4.14. The average molecular weight is 318 g/mol. The van der Waals surface area contributed by atoms with Crippen molar-refractivity contribution in [3.05, 3.63) is 48.0 Å². The lowest BCUT2D eigenvalue weighted by Crippen LogP contribution is -2.30. The number of hydrogen-bond donors (Lipinski definition) is 3. The number of hydrogen-bond acceptors (Lipinski definition) is 5. The van der Waals surface area contributed by atoms with Gasteiger partial charge in [-0.15, -0.1) is 0 Å². The van der Waals surface area contributed by atoms with E-state index < -0.39 is 6.29 Å². The van der Waals surface area contributed by atoms with Gasteiger partial charge in [0.05, 0.1) is 6.10 Å². The maximum absolute atomic E-state index is 9.90. The molecule has 0 saturated carbocycles. The van der Waals surface area contributed by atoms with Crippen molar-refractivity contribution in [2.45, 2.75) is 57.8 Å². The molecule has 0 radical (unpaired) electrons. The molecule has 0 aromatic carbocycles. The van der Waals surface area contributed by atoms with Gasteiger partial charge in [0.25, 0.3) is 0 Å². The highest BCUT2D eigenvalue weighted by Gasteiger charge is 2.22. The van der Waals surface area contributed by atoms with Gasteiger partial charge in [-0.1, -0.05) is 26.3 Å². The Morgan fingerprint density at radius 2 is 1.91 bits per heavy atom. The quantitative estimate of drug-likeness (QED) is 0.601. The summed E-state index contributed by atoms with van der Waals surface area (Å²) in [6, 6.07) is 0. The Bertz CT molecular complexity index is 559. The van der Waals surface area contributed by atoms with E-state index in [2.05, 4.69) is 18.5 Å². The first kappa shape index (κ1) is 17.7. The zero-order chi connectivity index (χ0) is 16.8. The molecule has 2 aliphatic heterocycles. The summed E-state index contributed by atoms with van der Waals surface area (Å²) >= 11 is 0. The zero-order valence-electron chi connectivity index (χ0n) is 13.6. The van der Waals surface area contributed by atoms with Crippen LogP contribution in [0.15, 0.2) is 53.0 Å². The van der Waals surface area contributed by atoms with Crippen molar-refractivity contribution in [3.8, 4) is 0 Å². The number of allylic oxidation sites excluding steroid dienone is 1. The second-order valence-electron chi connectivity index (χ2n) is 5.98. The van der Waals surface area contributed by atoms with E-state index >= 15 is 0 Å². The summed E-state index contributed by atoms with van der Waals surface area (Å²) in [4.78, 5) is 6.16. The van der Waals surface area contributed by atoms with Crippen LogP contribution in [0.1, 0.15) is 45.4 Å². The second kappa shape index (κ2) is 8.24. The minimum absolute atomic E-state index is 0.236. The van der Waals surface area contributed by atoms with Crippen LogP contribution in [0.5, 0.6) is 0 Å². The predicted molar refractivity (Wildman–Crippen MR) is 91.3 cm³/mol. The van der Waals surface area contributed by atoms with Crippen LogP contribution in [0.4, 0.5) is 0 Å². The van der Waals surface area contributed by atoms with Crippen molar-refractivity contribution in [1.29, 1.82) is 0 Å². The topological polar surface area (TPSA) is 76.3 Å². The molecule has 0 bridgehead atoms. The van der Waals surface area contributed by atoms with Crippen molar-refractivity contribution in [2.24, 2.45) is 4.99 Å². The van der Waals surface area contributed by atoms with Gasteiger partial charge in [-0.2, -0.15) is 0 Å². The Morgan fingerprint density at radius 1 is 1.17 bits per heavy atom. The van der Waals surface area contributed by atoms with Gasteiger partial charge >= 0.3 is 0 Å². The summed E-state index contributed by atoms with van der Waals surface area (Å²) < 4.78 is 0. The first-order valence-electron chi connectivity index (χ1n) is 8.22. The number of nitrogens with zero attached hydrogens (tertiary/aromatic N) is 2. The number of rotatable bonds is 8. The molecule has 2 aliphatic rings. The SMILES string of the molecule is C=C1C(CCCC(O)CCCC)=CN=C2C=CC(C(O)O)=CN12. The van der Waals surface area contributed by atoms with Crippen molar-refractivity contribution in [1.82, 2.24) is 4.90 Å². The molecule has 2 heterocycles. The molecular weight excluding hydrogens is 292 g/mol. The van der Waals surface area contributed by atoms with E-state index in [1.807, 2.05) is 6.20 Å². The number of aliphatic imine (C=N–C) groups is 1. The zero-order valence-corrected chi connectivity index (χ0v) is 13.6. The van der Waals surface area contributed by atoms with Gasteiger partial charge < -0.3 is 20.2 Å². The van der Waals surface area contributed by atoms with Gasteiger partial charge in [0.1, 0.15) is 5.84 Å². The maximum atomic E-state index is 9.90. The van der Waals surface area contributed by atoms with Crippen LogP contribution in [0.2, 0.25) is 0 Å². The van der Waals surface area contributed by atoms with Crippen molar-refractivity contribution < 1.29 is 15.3 Å². The summed E-state index contributed by atoms with van der Waals surface area (Å²) in [6.07, 6.45) is 10.6. The van der Waals surface area contributed by atoms with E-state index in [1.165, 1.54) is 0 Å². The molecule has 1 unspecified atom stereocenters. The molecule has 5 heteroatoms. The molecule has 0 aromatic heterocycles. The largest absolute Gasteiger partial charge is 0.393 e. The lowest BCUT2D eigenvalue weighted by Gasteiger charge is -2.30. The summed E-state index contributed by atoms with van der Waals surface area (Å²) in [6.45, 7) is 6.22. The van der Waals surface area contributed by atoms with Crippen molar-refractivity contribution in [2.75, 3.05) is 0 Å². The van der Waals surface area contributed by atoms with Crippen LogP contribution in [0.3, 0.4) is 0 Å². The van der Waals surface area contributed by atoms with Gasteiger partial charge in [0, 0.05) is 23.7 Å². The lowest BCUT2D eigenvalue weighted by atomic mass is 10.0. The molecule has 0 fully saturated rings. The van der Waals surface area contributed by atoms with Crippen LogP contribution < -0.4 is 0 Å². The highest BCUT2D eigenvalue weighted by Crippen LogP contribution is 2.28. The smallest absolute Gasteiger partial charge is 0.179 e. The van der Waals surface area contributed by atoms with Crippen molar-refractivity contribution in [3.63, 3.8) is 0 Å². The Kier molecular flexibility index (Phi) is 6.33. The molecule has 0 saturated heterocycles. The molecular formula is C18H26N2O3. The fourth-order valence-electron chi connectivity index (χ4n) is 2.68. The lowest BCUT2D eigenvalue weighted by molar-refractivity contribution is -0.00565. The molecule has 2 rings (SSSR count). The highest BCUT2D eigenvalue weighted by molar-refractivity contribution is 5.98. The maximum Gasteiger partial charge on any atom is 0.179 e. The van der Waals surface area contributed by atoms with Crippen molar-refractivity contribution >= 4 is 5.84 Å². The summed E-state index contributed by atoms with van der Waals surface area (Å²) in [7, 11) is 0. The molecule has 126 valence electrons. The van der Waals surface area contributed by atoms with E-state index in [-0.39, 0.29) is 6.10 Å². The van der Waals surface area contributed by atoms with Crippen LogP contribution in [0, 0.1) is 0 Å². The van der Waals surface area contributed by atoms with Crippen LogP contribution >= 0.6 is 0 Å². The fraction of sp³-hybridized carbons (Fsp3) is 0.500. The minimum atomic E-state index is -1.51. The molecule has 5 nitrogen and oxygen atoms in total. The number of amidine groups is 1. The summed E-state index contributed by atoms with van der Waals surface area (Å²) in [5, 5.41) is 28.5. The minimum Gasteiger partial charge on any atom is -0.393 e. The average Bonchev–Trinajstić information content (AvgIpc) is 2.54. The van der Waals surface area contributed by atoms with Gasteiger partial charge in [-0.3, -0.25) is 0 Å². The van der Waals surface area contributed by atoms with E-state index in [4.69, 9.17) is 0 Å². The van der Waals surface area contributed by atoms with Gasteiger partial charge in [0.2, 0.25) is 0 Å². The Labute approximate surface area is 137 Å². The standard InChI is InChI=1S/C18H26N2O3/c1-3-4-7-16(21)8-5-6-14-11-19-17-10-9-15(18(22)23)12-20(17)13(14)2/h9-12,16,18,21-23H,2-8H2,1H3. The van der Waals surface area contributed by atoms with E-state index in [0.717, 1.165) is 49.8 Å². The van der Waals surface area contributed by atoms with Gasteiger partial charge in [-0.25, -0.2) is 4.99 Å². The Balaban J connectivity index is 1.92. The third kappa shape index (κ3) is 4.64. The molecule has 0 aliphatic carbocycles. The van der Waals surface area contributed by atoms with E-state index in [1.54, 1.807) is 23.3 Å². The molecule has 1 atom stereocenters. The van der Waals surface area contributed by atoms with Crippen LogP contribution in [0.25, 0.3) is 0 Å². The molecule has 0 spiro atoms. The van der Waals surface area contributed by atoms with Gasteiger partial charge in [0.15, 0.2) is 6.29 Å². The van der Waals surface area contributed by atoms with Crippen LogP contribution in [-0.2, 0) is 0 Å². The first-order chi connectivity index (χ1) is 11.0. The normalized spacial score (nSPS) is 18.6. The number of unbranched alkanes of at least 4 members (excludes halogenated alkanes) is 1. The first-order valence-corrected chi connectivity index (χ1v) is 8.22. The Morgan fingerprint density at radius 3 is 2.61 bits per heavy atom.